The van der Waals surface area contributed by atoms with Crippen LogP contribution >= 0.6 is 0 Å². The average Bonchev–Trinajstić information content (AvgIpc) is 2.72. The zero-order valence-corrected chi connectivity index (χ0v) is 18.7. The zero-order chi connectivity index (χ0) is 21.4. The van der Waals surface area contributed by atoms with Gasteiger partial charge in [-0.3, -0.25) is 4.79 Å². The molecule has 0 aromatic carbocycles. The Balaban J connectivity index is 3.33. The third kappa shape index (κ3) is 21.8. The first-order chi connectivity index (χ1) is 14.2. The van der Waals surface area contributed by atoms with Crippen LogP contribution in [0.5, 0.6) is 0 Å². The van der Waals surface area contributed by atoms with Gasteiger partial charge in [0.15, 0.2) is 0 Å². The Morgan fingerprint density at radius 1 is 0.690 bits per heavy atom. The second kappa shape index (κ2) is 23.6. The SMILES string of the molecule is CCCCCCCCCCCCCCCCCC(=O)OCC(COCO)OCO. The highest BCUT2D eigenvalue weighted by Crippen LogP contribution is 2.13. The van der Waals surface area contributed by atoms with Crippen LogP contribution in [-0.4, -0.2) is 49.1 Å². The second-order valence-electron chi connectivity index (χ2n) is 7.80. The van der Waals surface area contributed by atoms with Crippen LogP contribution < -0.4 is 0 Å². The molecule has 0 amide bonds. The Hall–Kier alpha value is -0.690. The maximum absolute atomic E-state index is 11.7. The summed E-state index contributed by atoms with van der Waals surface area (Å²) in [5, 5.41) is 17.4. The highest BCUT2D eigenvalue weighted by molar-refractivity contribution is 5.69. The molecule has 0 aliphatic heterocycles. The topological polar surface area (TPSA) is 85.2 Å². The number of ether oxygens (including phenoxy) is 3. The molecule has 0 aromatic heterocycles. The van der Waals surface area contributed by atoms with Gasteiger partial charge < -0.3 is 24.4 Å². The molecule has 174 valence electrons. The van der Waals surface area contributed by atoms with Gasteiger partial charge in [-0.1, -0.05) is 96.8 Å². The molecule has 29 heavy (non-hydrogen) atoms. The summed E-state index contributed by atoms with van der Waals surface area (Å²) in [4.78, 5) is 11.7. The van der Waals surface area contributed by atoms with E-state index in [0.29, 0.717) is 6.42 Å². The van der Waals surface area contributed by atoms with E-state index in [1.165, 1.54) is 83.5 Å². The lowest BCUT2D eigenvalue weighted by Crippen LogP contribution is -2.27. The molecule has 0 saturated heterocycles. The third-order valence-corrected chi connectivity index (χ3v) is 5.12. The number of unbranched alkanes of at least 4 members (excludes halogenated alkanes) is 14. The molecule has 0 radical (unpaired) electrons. The van der Waals surface area contributed by atoms with E-state index in [1.54, 1.807) is 0 Å². The van der Waals surface area contributed by atoms with Gasteiger partial charge in [-0.15, -0.1) is 0 Å². The molecule has 0 saturated carbocycles. The van der Waals surface area contributed by atoms with E-state index in [2.05, 4.69) is 6.92 Å². The fraction of sp³-hybridized carbons (Fsp3) is 0.957. The molecule has 6 nitrogen and oxygen atoms in total. The first kappa shape index (κ1) is 28.3. The van der Waals surface area contributed by atoms with E-state index in [9.17, 15) is 4.79 Å². The molecule has 6 heteroatoms. The van der Waals surface area contributed by atoms with Gasteiger partial charge in [-0.25, -0.2) is 0 Å². The minimum Gasteiger partial charge on any atom is -0.463 e. The van der Waals surface area contributed by atoms with E-state index < -0.39 is 19.7 Å². The summed E-state index contributed by atoms with van der Waals surface area (Å²) in [7, 11) is 0. The fourth-order valence-electron chi connectivity index (χ4n) is 3.33. The molecule has 0 aliphatic carbocycles. The van der Waals surface area contributed by atoms with Gasteiger partial charge in [0.1, 0.15) is 26.3 Å². The normalized spacial score (nSPS) is 12.2. The van der Waals surface area contributed by atoms with Gasteiger partial charge in [0, 0.05) is 6.42 Å². The van der Waals surface area contributed by atoms with E-state index in [4.69, 9.17) is 24.4 Å². The van der Waals surface area contributed by atoms with Crippen LogP contribution in [0.3, 0.4) is 0 Å². The number of rotatable bonds is 23. The minimum absolute atomic E-state index is 0.0259. The number of aliphatic hydroxyl groups excluding tert-OH is 2. The maximum atomic E-state index is 11.7. The van der Waals surface area contributed by atoms with Crippen molar-refractivity contribution in [2.45, 2.75) is 116 Å². The molecule has 0 fully saturated rings. The molecular weight excluding hydrogens is 372 g/mol. The monoisotopic (exact) mass is 418 g/mol. The van der Waals surface area contributed by atoms with Gasteiger partial charge in [0.25, 0.3) is 0 Å². The van der Waals surface area contributed by atoms with Gasteiger partial charge in [0.05, 0.1) is 6.61 Å². The number of hydrogen-bond donors (Lipinski definition) is 2. The Labute approximate surface area is 178 Å². The molecule has 0 spiro atoms. The van der Waals surface area contributed by atoms with Gasteiger partial charge in [-0.2, -0.15) is 0 Å². The highest BCUT2D eigenvalue weighted by Gasteiger charge is 2.12. The van der Waals surface area contributed by atoms with E-state index in [0.717, 1.165) is 12.8 Å². The average molecular weight is 419 g/mol. The summed E-state index contributed by atoms with van der Waals surface area (Å²) < 4.78 is 14.9. The fourth-order valence-corrected chi connectivity index (χ4v) is 3.33. The van der Waals surface area contributed by atoms with Gasteiger partial charge in [-0.05, 0) is 6.42 Å². The van der Waals surface area contributed by atoms with Crippen molar-refractivity contribution in [2.24, 2.45) is 0 Å². The first-order valence-electron chi connectivity index (χ1n) is 11.8. The van der Waals surface area contributed by atoms with Crippen LogP contribution in [0.1, 0.15) is 110 Å². The standard InChI is InChI=1S/C23H46O6/c1-2-3-4-5-6-7-8-9-10-11-12-13-14-15-16-17-23(26)28-19-22(29-21-25)18-27-20-24/h22,24-25H,2-21H2,1H3. The lowest BCUT2D eigenvalue weighted by molar-refractivity contribution is -0.157. The second-order valence-corrected chi connectivity index (χ2v) is 7.80. The number of aliphatic hydroxyl groups is 2. The summed E-state index contributed by atoms with van der Waals surface area (Å²) >= 11 is 0. The van der Waals surface area contributed by atoms with Crippen molar-refractivity contribution in [3.05, 3.63) is 0 Å². The van der Waals surface area contributed by atoms with Crippen LogP contribution in [0.25, 0.3) is 0 Å². The molecular formula is C23H46O6. The predicted molar refractivity (Wildman–Crippen MR) is 116 cm³/mol. The molecule has 0 aromatic rings. The summed E-state index contributed by atoms with van der Waals surface area (Å²) in [6, 6.07) is 0. The Morgan fingerprint density at radius 2 is 1.17 bits per heavy atom. The maximum Gasteiger partial charge on any atom is 0.305 e. The van der Waals surface area contributed by atoms with Crippen LogP contribution in [0, 0.1) is 0 Å². The van der Waals surface area contributed by atoms with Crippen LogP contribution in [0.2, 0.25) is 0 Å². The third-order valence-electron chi connectivity index (χ3n) is 5.12. The summed E-state index contributed by atoms with van der Waals surface area (Å²) in [6.45, 7) is 1.45. The Morgan fingerprint density at radius 3 is 1.62 bits per heavy atom. The lowest BCUT2D eigenvalue weighted by atomic mass is 10.0. The van der Waals surface area contributed by atoms with Gasteiger partial charge >= 0.3 is 5.97 Å². The Kier molecular flexibility index (Phi) is 23.0. The quantitative estimate of drug-likeness (QED) is 0.136. The van der Waals surface area contributed by atoms with Crippen LogP contribution in [0.4, 0.5) is 0 Å². The van der Waals surface area contributed by atoms with Crippen molar-refractivity contribution < 1.29 is 29.2 Å². The van der Waals surface area contributed by atoms with Crippen molar-refractivity contribution in [3.63, 3.8) is 0 Å². The largest absolute Gasteiger partial charge is 0.463 e. The van der Waals surface area contributed by atoms with Crippen LogP contribution in [-0.2, 0) is 19.0 Å². The first-order valence-corrected chi connectivity index (χ1v) is 11.8. The summed E-state index contributed by atoms with van der Waals surface area (Å²) in [5.74, 6) is -0.254. The van der Waals surface area contributed by atoms with E-state index >= 15 is 0 Å². The molecule has 1 unspecified atom stereocenters. The number of carbonyl (C=O) groups excluding carboxylic acids is 1. The van der Waals surface area contributed by atoms with E-state index in [1.807, 2.05) is 0 Å². The summed E-state index contributed by atoms with van der Waals surface area (Å²) in [6.07, 6.45) is 19.3. The smallest absolute Gasteiger partial charge is 0.305 e. The van der Waals surface area contributed by atoms with Crippen molar-refractivity contribution in [1.82, 2.24) is 0 Å². The minimum atomic E-state index is -0.558. The van der Waals surface area contributed by atoms with Crippen molar-refractivity contribution in [3.8, 4) is 0 Å². The van der Waals surface area contributed by atoms with Crippen molar-refractivity contribution in [1.29, 1.82) is 0 Å². The number of hydrogen-bond acceptors (Lipinski definition) is 6. The van der Waals surface area contributed by atoms with E-state index in [-0.39, 0.29) is 19.2 Å². The molecule has 0 rings (SSSR count). The lowest BCUT2D eigenvalue weighted by Gasteiger charge is -2.16. The Bertz CT molecular complexity index is 337. The van der Waals surface area contributed by atoms with Gasteiger partial charge in [0.2, 0.25) is 0 Å². The molecule has 0 heterocycles. The molecule has 0 bridgehead atoms. The highest BCUT2D eigenvalue weighted by atomic mass is 16.6. The molecule has 1 atom stereocenters. The summed E-state index contributed by atoms with van der Waals surface area (Å²) in [5.41, 5.74) is 0. The number of carbonyl (C=O) groups is 1. The van der Waals surface area contributed by atoms with Crippen LogP contribution in [0.15, 0.2) is 0 Å². The van der Waals surface area contributed by atoms with Crippen molar-refractivity contribution >= 4 is 5.97 Å². The molecule has 2 N–H and O–H groups in total. The van der Waals surface area contributed by atoms with Crippen molar-refractivity contribution in [2.75, 3.05) is 26.8 Å². The zero-order valence-electron chi connectivity index (χ0n) is 18.7. The number of esters is 1. The molecule has 0 aliphatic rings. The predicted octanol–water partition coefficient (Wildman–Crippen LogP) is 5.09.